The fourth-order valence-electron chi connectivity index (χ4n) is 1.76. The minimum Gasteiger partial charge on any atom is -0.451 e. The molecule has 1 heterocycles. The lowest BCUT2D eigenvalue weighted by Crippen LogP contribution is -2.22. The maximum Gasteiger partial charge on any atom is 0.418 e. The van der Waals surface area contributed by atoms with Gasteiger partial charge in [-0.3, -0.25) is 14.9 Å². The van der Waals surface area contributed by atoms with Crippen LogP contribution in [0.2, 0.25) is 0 Å². The smallest absolute Gasteiger partial charge is 0.418 e. The average molecular weight is 374 g/mol. The Bertz CT molecular complexity index is 819. The van der Waals surface area contributed by atoms with Crippen LogP contribution in [0.3, 0.4) is 0 Å². The van der Waals surface area contributed by atoms with Crippen molar-refractivity contribution in [3.8, 4) is 0 Å². The SMILES string of the molecule is O=C(COC(=O)c1ccc([N+](=O)[O-])s1)Nc1ccccc1C(F)(F)F. The van der Waals surface area contributed by atoms with Crippen molar-refractivity contribution in [1.82, 2.24) is 0 Å². The molecule has 1 aromatic carbocycles. The summed E-state index contributed by atoms with van der Waals surface area (Å²) in [6, 6.07) is 6.59. The summed E-state index contributed by atoms with van der Waals surface area (Å²) in [5.41, 5.74) is -1.51. The molecule has 1 N–H and O–H groups in total. The highest BCUT2D eigenvalue weighted by Gasteiger charge is 2.33. The van der Waals surface area contributed by atoms with Crippen LogP contribution in [-0.4, -0.2) is 23.4 Å². The van der Waals surface area contributed by atoms with E-state index < -0.39 is 40.8 Å². The Labute approximate surface area is 142 Å². The molecule has 0 fully saturated rings. The molecule has 0 atom stereocenters. The highest BCUT2D eigenvalue weighted by molar-refractivity contribution is 7.17. The number of carbonyl (C=O) groups is 2. The van der Waals surface area contributed by atoms with Crippen molar-refractivity contribution in [3.05, 3.63) is 57.0 Å². The maximum atomic E-state index is 12.8. The van der Waals surface area contributed by atoms with Crippen molar-refractivity contribution in [2.24, 2.45) is 0 Å². The van der Waals surface area contributed by atoms with Crippen LogP contribution in [-0.2, 0) is 15.7 Å². The molecule has 2 aromatic rings. The van der Waals surface area contributed by atoms with E-state index in [9.17, 15) is 32.9 Å². The normalized spacial score (nSPS) is 11.0. The number of alkyl halides is 3. The predicted octanol–water partition coefficient (Wildman–Crippen LogP) is 3.47. The van der Waals surface area contributed by atoms with Gasteiger partial charge in [0.25, 0.3) is 5.91 Å². The number of benzene rings is 1. The molecule has 0 aliphatic heterocycles. The number of ether oxygens (including phenoxy) is 1. The fourth-order valence-corrected chi connectivity index (χ4v) is 2.48. The third kappa shape index (κ3) is 4.76. The first kappa shape index (κ1) is 18.4. The summed E-state index contributed by atoms with van der Waals surface area (Å²) in [5, 5.41) is 12.3. The van der Waals surface area contributed by atoms with E-state index in [-0.39, 0.29) is 9.88 Å². The van der Waals surface area contributed by atoms with Crippen LogP contribution in [0.4, 0.5) is 23.9 Å². The number of nitrogens with zero attached hydrogens (tertiary/aromatic N) is 1. The molecule has 0 saturated carbocycles. The Kier molecular flexibility index (Phi) is 5.37. The number of thiophene rings is 1. The number of hydrogen-bond acceptors (Lipinski definition) is 6. The van der Waals surface area contributed by atoms with Crippen LogP contribution in [0.1, 0.15) is 15.2 Å². The second kappa shape index (κ2) is 7.30. The number of carbonyl (C=O) groups excluding carboxylic acids is 2. The summed E-state index contributed by atoms with van der Waals surface area (Å²) in [6.45, 7) is -0.837. The van der Waals surface area contributed by atoms with Crippen molar-refractivity contribution in [3.63, 3.8) is 0 Å². The molecule has 0 saturated heterocycles. The van der Waals surface area contributed by atoms with E-state index in [4.69, 9.17) is 0 Å². The fraction of sp³-hybridized carbons (Fsp3) is 0.143. The number of esters is 1. The van der Waals surface area contributed by atoms with Gasteiger partial charge in [-0.25, -0.2) is 4.79 Å². The molecule has 0 radical (unpaired) electrons. The zero-order valence-corrected chi connectivity index (χ0v) is 13.0. The van der Waals surface area contributed by atoms with Gasteiger partial charge in [0.05, 0.1) is 16.2 Å². The van der Waals surface area contributed by atoms with Crippen LogP contribution in [0, 0.1) is 10.1 Å². The standard InChI is InChI=1S/C14H9F3N2O5S/c15-14(16,17)8-3-1-2-4-9(8)18-11(20)7-24-13(21)10-5-6-12(25-10)19(22)23/h1-6H,7H2,(H,18,20). The zero-order valence-electron chi connectivity index (χ0n) is 12.2. The second-order valence-corrected chi connectivity index (χ2v) is 5.62. The van der Waals surface area contributed by atoms with Crippen molar-refractivity contribution in [1.29, 1.82) is 0 Å². The van der Waals surface area contributed by atoms with Crippen molar-refractivity contribution in [2.45, 2.75) is 6.18 Å². The minimum absolute atomic E-state index is 0.102. The van der Waals surface area contributed by atoms with Gasteiger partial charge in [-0.05, 0) is 18.2 Å². The number of para-hydroxylation sites is 1. The molecular weight excluding hydrogens is 365 g/mol. The molecular formula is C14H9F3N2O5S. The first-order valence-corrected chi connectivity index (χ1v) is 7.37. The van der Waals surface area contributed by atoms with Gasteiger partial charge in [-0.2, -0.15) is 13.2 Å². The van der Waals surface area contributed by atoms with Crippen LogP contribution < -0.4 is 5.32 Å². The zero-order chi connectivity index (χ0) is 18.6. The monoisotopic (exact) mass is 374 g/mol. The quantitative estimate of drug-likeness (QED) is 0.491. The predicted molar refractivity (Wildman–Crippen MR) is 81.3 cm³/mol. The number of rotatable bonds is 5. The maximum absolute atomic E-state index is 12.8. The van der Waals surface area contributed by atoms with Gasteiger partial charge >= 0.3 is 17.1 Å². The highest BCUT2D eigenvalue weighted by Crippen LogP contribution is 2.34. The van der Waals surface area contributed by atoms with E-state index >= 15 is 0 Å². The third-order valence-corrected chi connectivity index (χ3v) is 3.83. The summed E-state index contributed by atoms with van der Waals surface area (Å²) in [6.07, 6.45) is -4.66. The van der Waals surface area contributed by atoms with E-state index in [0.29, 0.717) is 11.3 Å². The number of halogens is 3. The lowest BCUT2D eigenvalue weighted by Gasteiger charge is -2.13. The summed E-state index contributed by atoms with van der Waals surface area (Å²) >= 11 is 0.556. The minimum atomic E-state index is -4.66. The molecule has 2 rings (SSSR count). The van der Waals surface area contributed by atoms with Crippen LogP contribution in [0.25, 0.3) is 0 Å². The van der Waals surface area contributed by atoms with E-state index in [1.807, 2.05) is 5.32 Å². The molecule has 0 spiro atoms. The molecule has 0 aliphatic carbocycles. The van der Waals surface area contributed by atoms with E-state index in [2.05, 4.69) is 4.74 Å². The molecule has 1 amide bonds. The Balaban J connectivity index is 1.97. The van der Waals surface area contributed by atoms with Crippen molar-refractivity contribution >= 4 is 33.9 Å². The van der Waals surface area contributed by atoms with Crippen LogP contribution in [0.15, 0.2) is 36.4 Å². The Morgan fingerprint density at radius 1 is 1.20 bits per heavy atom. The number of hydrogen-bond donors (Lipinski definition) is 1. The van der Waals surface area contributed by atoms with Crippen molar-refractivity contribution in [2.75, 3.05) is 11.9 Å². The van der Waals surface area contributed by atoms with Gasteiger partial charge in [-0.1, -0.05) is 23.5 Å². The lowest BCUT2D eigenvalue weighted by atomic mass is 10.1. The molecule has 11 heteroatoms. The average Bonchev–Trinajstić information content (AvgIpc) is 3.02. The first-order chi connectivity index (χ1) is 11.7. The lowest BCUT2D eigenvalue weighted by molar-refractivity contribution is -0.380. The molecule has 0 unspecified atom stereocenters. The van der Waals surface area contributed by atoms with Gasteiger partial charge in [0.1, 0.15) is 4.88 Å². The highest BCUT2D eigenvalue weighted by atomic mass is 32.1. The number of nitro groups is 1. The van der Waals surface area contributed by atoms with Gasteiger partial charge in [-0.15, -0.1) is 0 Å². The first-order valence-electron chi connectivity index (χ1n) is 6.56. The largest absolute Gasteiger partial charge is 0.451 e. The Hall–Kier alpha value is -2.95. The topological polar surface area (TPSA) is 98.5 Å². The van der Waals surface area contributed by atoms with E-state index in [1.54, 1.807) is 0 Å². The second-order valence-electron chi connectivity index (χ2n) is 4.56. The number of nitrogens with one attached hydrogen (secondary N) is 1. The summed E-state index contributed by atoms with van der Waals surface area (Å²) in [7, 11) is 0. The number of anilines is 1. The van der Waals surface area contributed by atoms with E-state index in [0.717, 1.165) is 24.3 Å². The van der Waals surface area contributed by atoms with Gasteiger partial charge in [0.15, 0.2) is 6.61 Å². The molecule has 0 bridgehead atoms. The van der Waals surface area contributed by atoms with Gasteiger partial charge < -0.3 is 10.1 Å². The van der Waals surface area contributed by atoms with E-state index in [1.165, 1.54) is 12.1 Å². The summed E-state index contributed by atoms with van der Waals surface area (Å²) < 4.78 is 43.1. The van der Waals surface area contributed by atoms with Crippen LogP contribution >= 0.6 is 11.3 Å². The molecule has 7 nitrogen and oxygen atoms in total. The van der Waals surface area contributed by atoms with Gasteiger partial charge in [0, 0.05) is 6.07 Å². The van der Waals surface area contributed by atoms with Crippen LogP contribution in [0.5, 0.6) is 0 Å². The molecule has 132 valence electrons. The van der Waals surface area contributed by atoms with Gasteiger partial charge in [0.2, 0.25) is 0 Å². The third-order valence-electron chi connectivity index (χ3n) is 2.81. The number of amides is 1. The summed E-state index contributed by atoms with van der Waals surface area (Å²) in [4.78, 5) is 33.1. The summed E-state index contributed by atoms with van der Waals surface area (Å²) in [5.74, 6) is -1.96. The molecule has 0 aliphatic rings. The molecule has 25 heavy (non-hydrogen) atoms. The van der Waals surface area contributed by atoms with Crippen molar-refractivity contribution < 1.29 is 32.4 Å². The Morgan fingerprint density at radius 3 is 2.48 bits per heavy atom. The Morgan fingerprint density at radius 2 is 1.88 bits per heavy atom. The molecule has 1 aromatic heterocycles.